The summed E-state index contributed by atoms with van der Waals surface area (Å²) in [6.07, 6.45) is 1.54. The average Bonchev–Trinajstić information content (AvgIpc) is 3.46. The summed E-state index contributed by atoms with van der Waals surface area (Å²) in [6.45, 7) is 1.73. The Morgan fingerprint density at radius 3 is 2.71 bits per heavy atom. The molecule has 0 aliphatic rings. The minimum atomic E-state index is -3.44. The molecule has 0 N–H and O–H groups in total. The molecule has 7 nitrogen and oxygen atoms in total. The van der Waals surface area contributed by atoms with Crippen molar-refractivity contribution in [3.63, 3.8) is 0 Å². The number of amides is 1. The van der Waals surface area contributed by atoms with Gasteiger partial charge in [0.25, 0.3) is 5.91 Å². The smallest absolute Gasteiger partial charge is 0.260 e. The van der Waals surface area contributed by atoms with Crippen LogP contribution in [0.5, 0.6) is 5.75 Å². The van der Waals surface area contributed by atoms with Crippen LogP contribution >= 0.6 is 11.3 Å². The highest BCUT2D eigenvalue weighted by molar-refractivity contribution is 7.91. The lowest BCUT2D eigenvalue weighted by atomic mass is 10.2. The van der Waals surface area contributed by atoms with E-state index in [2.05, 4.69) is 4.98 Å². The largest absolute Gasteiger partial charge is 0.497 e. The van der Waals surface area contributed by atoms with Crippen LogP contribution in [0.3, 0.4) is 0 Å². The van der Waals surface area contributed by atoms with Crippen molar-refractivity contribution < 1.29 is 22.4 Å². The maximum absolute atomic E-state index is 13.5. The summed E-state index contributed by atoms with van der Waals surface area (Å²) >= 11 is 1.35. The van der Waals surface area contributed by atoms with Crippen molar-refractivity contribution in [3.05, 3.63) is 72.2 Å². The second-order valence-electron chi connectivity index (χ2n) is 6.73. The number of carbonyl (C=O) groups is 1. The molecule has 4 rings (SSSR count). The summed E-state index contributed by atoms with van der Waals surface area (Å²) < 4.78 is 36.2. The zero-order chi connectivity index (χ0) is 22.0. The number of rotatable bonds is 7. The van der Waals surface area contributed by atoms with Gasteiger partial charge in [-0.15, -0.1) is 0 Å². The third kappa shape index (κ3) is 4.33. The highest BCUT2D eigenvalue weighted by Gasteiger charge is 2.24. The van der Waals surface area contributed by atoms with E-state index in [0.29, 0.717) is 16.6 Å². The number of anilines is 1. The summed E-state index contributed by atoms with van der Waals surface area (Å²) in [6, 6.07) is 15.1. The van der Waals surface area contributed by atoms with Crippen LogP contribution < -0.4 is 9.64 Å². The number of nitrogens with zero attached hydrogens (tertiary/aromatic N) is 2. The fraction of sp³-hybridized carbons (Fsp3) is 0.182. The lowest BCUT2D eigenvalue weighted by Gasteiger charge is -2.19. The molecule has 2 heterocycles. The second-order valence-corrected chi connectivity index (χ2v) is 10.0. The van der Waals surface area contributed by atoms with E-state index in [-0.39, 0.29) is 28.7 Å². The summed E-state index contributed by atoms with van der Waals surface area (Å²) in [5.41, 5.74) is 0.998. The number of ether oxygens (including phenoxy) is 1. The van der Waals surface area contributed by atoms with E-state index in [1.807, 2.05) is 18.2 Å². The highest BCUT2D eigenvalue weighted by atomic mass is 32.2. The van der Waals surface area contributed by atoms with Crippen LogP contribution in [-0.2, 0) is 16.4 Å². The fourth-order valence-electron chi connectivity index (χ4n) is 3.06. The number of furan rings is 1. The number of benzene rings is 2. The van der Waals surface area contributed by atoms with E-state index in [1.54, 1.807) is 38.3 Å². The van der Waals surface area contributed by atoms with Gasteiger partial charge in [-0.1, -0.05) is 24.3 Å². The van der Waals surface area contributed by atoms with Crippen LogP contribution in [-0.4, -0.2) is 32.2 Å². The molecule has 0 fully saturated rings. The fourth-order valence-corrected chi connectivity index (χ4v) is 4.98. The minimum Gasteiger partial charge on any atom is -0.497 e. The first-order chi connectivity index (χ1) is 14.9. The Hall–Kier alpha value is -3.17. The quantitative estimate of drug-likeness (QED) is 0.406. The van der Waals surface area contributed by atoms with Crippen LogP contribution in [0, 0.1) is 0 Å². The molecule has 9 heteroatoms. The van der Waals surface area contributed by atoms with Crippen LogP contribution in [0.4, 0.5) is 5.13 Å². The average molecular weight is 457 g/mol. The molecule has 160 valence electrons. The zero-order valence-electron chi connectivity index (χ0n) is 16.9. The van der Waals surface area contributed by atoms with Gasteiger partial charge in [0.05, 0.1) is 40.8 Å². The van der Waals surface area contributed by atoms with Crippen LogP contribution in [0.15, 0.2) is 70.2 Å². The Morgan fingerprint density at radius 1 is 1.16 bits per heavy atom. The van der Waals surface area contributed by atoms with Crippen LogP contribution in [0.1, 0.15) is 23.0 Å². The van der Waals surface area contributed by atoms with Gasteiger partial charge in [-0.3, -0.25) is 9.69 Å². The SMILES string of the molecule is CCS(=O)(=O)c1cccc(C(=O)N(Cc2ccco2)c2nc3ccc(OC)cc3s2)c1. The van der Waals surface area contributed by atoms with Gasteiger partial charge in [-0.25, -0.2) is 13.4 Å². The third-order valence-corrected chi connectivity index (χ3v) is 7.55. The van der Waals surface area contributed by atoms with E-state index in [1.165, 1.54) is 34.6 Å². The lowest BCUT2D eigenvalue weighted by molar-refractivity contribution is 0.0983. The van der Waals surface area contributed by atoms with Gasteiger partial charge in [-0.05, 0) is 48.5 Å². The van der Waals surface area contributed by atoms with E-state index in [9.17, 15) is 13.2 Å². The molecule has 0 radical (unpaired) electrons. The predicted octanol–water partition coefficient (Wildman–Crippen LogP) is 4.54. The molecule has 0 unspecified atom stereocenters. The molecule has 0 bridgehead atoms. The molecule has 31 heavy (non-hydrogen) atoms. The van der Waals surface area contributed by atoms with E-state index >= 15 is 0 Å². The number of methoxy groups -OCH3 is 1. The third-order valence-electron chi connectivity index (χ3n) is 4.77. The van der Waals surface area contributed by atoms with Crippen molar-refractivity contribution in [1.82, 2.24) is 4.98 Å². The van der Waals surface area contributed by atoms with Crippen molar-refractivity contribution in [3.8, 4) is 5.75 Å². The molecular weight excluding hydrogens is 436 g/mol. The molecular formula is C22H20N2O5S2. The van der Waals surface area contributed by atoms with E-state index in [0.717, 1.165) is 10.2 Å². The number of thiazole rings is 1. The van der Waals surface area contributed by atoms with Crippen molar-refractivity contribution >= 4 is 42.4 Å². The maximum Gasteiger partial charge on any atom is 0.260 e. The van der Waals surface area contributed by atoms with Crippen molar-refractivity contribution in [2.24, 2.45) is 0 Å². The topological polar surface area (TPSA) is 89.7 Å². The molecule has 0 atom stereocenters. The Kier molecular flexibility index (Phi) is 5.79. The van der Waals surface area contributed by atoms with Gasteiger partial charge in [0, 0.05) is 5.56 Å². The van der Waals surface area contributed by atoms with Crippen molar-refractivity contribution in [2.75, 3.05) is 17.8 Å². The van der Waals surface area contributed by atoms with Gasteiger partial charge in [0.1, 0.15) is 11.5 Å². The summed E-state index contributed by atoms with van der Waals surface area (Å²) in [4.78, 5) is 19.7. The first kappa shape index (κ1) is 21.1. The lowest BCUT2D eigenvalue weighted by Crippen LogP contribution is -2.30. The standard InChI is InChI=1S/C22H20N2O5S2/c1-3-31(26,27)18-8-4-6-15(12-18)21(25)24(14-17-7-5-11-29-17)22-23-19-10-9-16(28-2)13-20(19)30-22/h4-13H,3,14H2,1-2H3. The molecule has 1 amide bonds. The molecule has 0 spiro atoms. The van der Waals surface area contributed by atoms with Crippen molar-refractivity contribution in [1.29, 1.82) is 0 Å². The minimum absolute atomic E-state index is 0.0412. The Labute approximate surface area is 183 Å². The van der Waals surface area contributed by atoms with Gasteiger partial charge in [-0.2, -0.15) is 0 Å². The summed E-state index contributed by atoms with van der Waals surface area (Å²) in [7, 11) is -1.85. The Balaban J connectivity index is 1.77. The Bertz CT molecular complexity index is 1330. The van der Waals surface area contributed by atoms with Gasteiger partial charge >= 0.3 is 0 Å². The summed E-state index contributed by atoms with van der Waals surface area (Å²) in [5.74, 6) is 0.877. The van der Waals surface area contributed by atoms with Gasteiger partial charge in [0.2, 0.25) is 0 Å². The zero-order valence-corrected chi connectivity index (χ0v) is 18.6. The maximum atomic E-state index is 13.5. The molecule has 0 aliphatic heterocycles. The number of aromatic nitrogens is 1. The molecule has 4 aromatic rings. The number of fused-ring (bicyclic) bond motifs is 1. The number of carbonyl (C=O) groups excluding carboxylic acids is 1. The molecule has 0 saturated heterocycles. The normalized spacial score (nSPS) is 11.5. The molecule has 0 saturated carbocycles. The number of hydrogen-bond acceptors (Lipinski definition) is 7. The molecule has 0 aliphatic carbocycles. The van der Waals surface area contributed by atoms with Crippen LogP contribution in [0.2, 0.25) is 0 Å². The molecule has 2 aromatic carbocycles. The number of sulfone groups is 1. The van der Waals surface area contributed by atoms with Crippen LogP contribution in [0.25, 0.3) is 10.2 Å². The van der Waals surface area contributed by atoms with Crippen molar-refractivity contribution in [2.45, 2.75) is 18.4 Å². The highest BCUT2D eigenvalue weighted by Crippen LogP contribution is 2.33. The van der Waals surface area contributed by atoms with E-state index < -0.39 is 9.84 Å². The molecule has 2 aromatic heterocycles. The number of hydrogen-bond donors (Lipinski definition) is 0. The Morgan fingerprint density at radius 2 is 2.00 bits per heavy atom. The van der Waals surface area contributed by atoms with Gasteiger partial charge < -0.3 is 9.15 Å². The first-order valence-corrected chi connectivity index (χ1v) is 12.0. The second kappa shape index (κ2) is 8.52. The summed E-state index contributed by atoms with van der Waals surface area (Å²) in [5, 5.41) is 0.480. The monoisotopic (exact) mass is 456 g/mol. The first-order valence-electron chi connectivity index (χ1n) is 9.53. The predicted molar refractivity (Wildman–Crippen MR) is 120 cm³/mol. The van der Waals surface area contributed by atoms with E-state index in [4.69, 9.17) is 9.15 Å². The van der Waals surface area contributed by atoms with Gasteiger partial charge in [0.15, 0.2) is 15.0 Å².